The highest BCUT2D eigenvalue weighted by Gasteiger charge is 2.22. The highest BCUT2D eigenvalue weighted by molar-refractivity contribution is 6.27. The second-order valence-electron chi connectivity index (χ2n) is 8.52. The first kappa shape index (κ1) is 17.7. The van der Waals surface area contributed by atoms with Crippen LogP contribution in [-0.2, 0) is 4.74 Å². The molecule has 0 bridgehead atoms. The van der Waals surface area contributed by atoms with Crippen molar-refractivity contribution in [3.63, 3.8) is 0 Å². The largest absolute Gasteiger partial charge is 0.456 e. The van der Waals surface area contributed by atoms with Gasteiger partial charge in [-0.25, -0.2) is 4.79 Å². The Morgan fingerprint density at radius 2 is 1.21 bits per heavy atom. The molecule has 5 aromatic rings. The predicted octanol–water partition coefficient (Wildman–Crippen LogP) is 7.25. The molecular weight excluding hydrogens is 356 g/mol. The monoisotopic (exact) mass is 378 g/mol. The van der Waals surface area contributed by atoms with Crippen molar-refractivity contribution >= 4 is 49.1 Å². The number of carbonyl (C=O) groups excluding carboxylic acids is 1. The quantitative estimate of drug-likeness (QED) is 0.227. The van der Waals surface area contributed by atoms with Gasteiger partial charge in [-0.15, -0.1) is 0 Å². The number of rotatable bonds is 1. The minimum Gasteiger partial charge on any atom is -0.456 e. The van der Waals surface area contributed by atoms with E-state index in [1.54, 1.807) is 0 Å². The normalized spacial score (nSPS) is 12.1. The Kier molecular flexibility index (Phi) is 3.85. The van der Waals surface area contributed by atoms with Crippen LogP contribution in [0.15, 0.2) is 78.9 Å². The first-order chi connectivity index (χ1) is 13.9. The van der Waals surface area contributed by atoms with E-state index in [0.29, 0.717) is 5.56 Å². The average Bonchev–Trinajstić information content (AvgIpc) is 2.71. The van der Waals surface area contributed by atoms with Crippen LogP contribution in [0.25, 0.3) is 43.1 Å². The lowest BCUT2D eigenvalue weighted by atomic mass is 9.91. The van der Waals surface area contributed by atoms with Crippen LogP contribution < -0.4 is 0 Å². The number of carbonyl (C=O) groups is 1. The smallest absolute Gasteiger partial charge is 0.339 e. The molecule has 29 heavy (non-hydrogen) atoms. The number of hydrogen-bond donors (Lipinski definition) is 0. The molecule has 0 aliphatic carbocycles. The second kappa shape index (κ2) is 6.31. The molecule has 0 aromatic heterocycles. The molecule has 5 rings (SSSR count). The zero-order chi connectivity index (χ0) is 20.2. The number of esters is 1. The van der Waals surface area contributed by atoms with Crippen molar-refractivity contribution in [1.82, 2.24) is 0 Å². The van der Waals surface area contributed by atoms with E-state index in [1.165, 1.54) is 10.8 Å². The topological polar surface area (TPSA) is 26.3 Å². The minimum absolute atomic E-state index is 0.283. The summed E-state index contributed by atoms with van der Waals surface area (Å²) >= 11 is 0. The third kappa shape index (κ3) is 2.92. The van der Waals surface area contributed by atoms with Gasteiger partial charge in [-0.3, -0.25) is 0 Å². The zero-order valence-corrected chi connectivity index (χ0v) is 16.8. The van der Waals surface area contributed by atoms with E-state index in [9.17, 15) is 4.79 Å². The van der Waals surface area contributed by atoms with E-state index in [4.69, 9.17) is 4.74 Å². The molecule has 0 aliphatic rings. The maximum Gasteiger partial charge on any atom is 0.339 e. The summed E-state index contributed by atoms with van der Waals surface area (Å²) in [5.74, 6) is -0.283. The van der Waals surface area contributed by atoms with Gasteiger partial charge in [-0.05, 0) is 64.5 Å². The molecule has 0 saturated carbocycles. The summed E-state index contributed by atoms with van der Waals surface area (Å²) in [6, 6.07) is 27.1. The summed E-state index contributed by atoms with van der Waals surface area (Å²) in [6.07, 6.45) is 0. The molecule has 5 aromatic carbocycles. The SMILES string of the molecule is CC(C)(C)OC(=O)c1cc2ccccc2c2ccc3c4ccccc4ccc3c12. The summed E-state index contributed by atoms with van der Waals surface area (Å²) in [7, 11) is 0. The fourth-order valence-electron chi connectivity index (χ4n) is 4.19. The van der Waals surface area contributed by atoms with Gasteiger partial charge in [0.05, 0.1) is 5.56 Å². The second-order valence-corrected chi connectivity index (χ2v) is 8.52. The molecule has 0 amide bonds. The van der Waals surface area contributed by atoms with Crippen LogP contribution in [0.5, 0.6) is 0 Å². The average molecular weight is 378 g/mol. The highest BCUT2D eigenvalue weighted by Crippen LogP contribution is 2.37. The van der Waals surface area contributed by atoms with E-state index in [-0.39, 0.29) is 5.97 Å². The lowest BCUT2D eigenvalue weighted by Gasteiger charge is -2.21. The lowest BCUT2D eigenvalue weighted by molar-refractivity contribution is 0.00721. The molecule has 0 aliphatic heterocycles. The van der Waals surface area contributed by atoms with Crippen LogP contribution in [0.3, 0.4) is 0 Å². The first-order valence-electron chi connectivity index (χ1n) is 9.92. The third-order valence-electron chi connectivity index (χ3n) is 5.36. The number of fused-ring (bicyclic) bond motifs is 7. The van der Waals surface area contributed by atoms with Crippen molar-refractivity contribution in [2.24, 2.45) is 0 Å². The minimum atomic E-state index is -0.549. The van der Waals surface area contributed by atoms with E-state index < -0.39 is 5.60 Å². The van der Waals surface area contributed by atoms with Gasteiger partial charge >= 0.3 is 5.97 Å². The van der Waals surface area contributed by atoms with Crippen LogP contribution in [0.4, 0.5) is 0 Å². The van der Waals surface area contributed by atoms with Gasteiger partial charge < -0.3 is 4.74 Å². The Balaban J connectivity index is 1.95. The summed E-state index contributed by atoms with van der Waals surface area (Å²) in [5.41, 5.74) is 0.0706. The molecule has 0 saturated heterocycles. The van der Waals surface area contributed by atoms with Gasteiger partial charge in [0.25, 0.3) is 0 Å². The molecule has 2 nitrogen and oxygen atoms in total. The van der Waals surface area contributed by atoms with E-state index in [2.05, 4.69) is 54.6 Å². The van der Waals surface area contributed by atoms with Crippen LogP contribution in [0.1, 0.15) is 31.1 Å². The van der Waals surface area contributed by atoms with E-state index in [0.717, 1.165) is 32.3 Å². The van der Waals surface area contributed by atoms with Crippen molar-refractivity contribution in [2.45, 2.75) is 26.4 Å². The van der Waals surface area contributed by atoms with Gasteiger partial charge in [0.1, 0.15) is 5.60 Å². The lowest BCUT2D eigenvalue weighted by Crippen LogP contribution is -2.24. The van der Waals surface area contributed by atoms with Crippen molar-refractivity contribution in [2.75, 3.05) is 0 Å². The molecule has 142 valence electrons. The predicted molar refractivity (Wildman–Crippen MR) is 122 cm³/mol. The van der Waals surface area contributed by atoms with Crippen molar-refractivity contribution in [3.05, 3.63) is 84.4 Å². The molecule has 2 heteroatoms. The van der Waals surface area contributed by atoms with Crippen molar-refractivity contribution in [1.29, 1.82) is 0 Å². The molecule has 0 atom stereocenters. The van der Waals surface area contributed by atoms with E-state index >= 15 is 0 Å². The molecule has 0 fully saturated rings. The molecular formula is C27H22O2. The molecule has 0 radical (unpaired) electrons. The van der Waals surface area contributed by atoms with Gasteiger partial charge in [-0.1, -0.05) is 72.8 Å². The van der Waals surface area contributed by atoms with Crippen molar-refractivity contribution in [3.8, 4) is 0 Å². The third-order valence-corrected chi connectivity index (χ3v) is 5.36. The van der Waals surface area contributed by atoms with Gasteiger partial charge in [0, 0.05) is 5.39 Å². The first-order valence-corrected chi connectivity index (χ1v) is 9.92. The van der Waals surface area contributed by atoms with Gasteiger partial charge in [0.2, 0.25) is 0 Å². The van der Waals surface area contributed by atoms with Crippen LogP contribution in [0.2, 0.25) is 0 Å². The van der Waals surface area contributed by atoms with Gasteiger partial charge in [-0.2, -0.15) is 0 Å². The summed E-state index contributed by atoms with van der Waals surface area (Å²) in [6.45, 7) is 5.71. The Bertz CT molecular complexity index is 1420. The summed E-state index contributed by atoms with van der Waals surface area (Å²) < 4.78 is 5.78. The Morgan fingerprint density at radius 1 is 0.655 bits per heavy atom. The molecule has 0 spiro atoms. The Hall–Kier alpha value is -3.39. The van der Waals surface area contributed by atoms with Crippen LogP contribution in [0, 0.1) is 0 Å². The molecule has 0 heterocycles. The Morgan fingerprint density at radius 3 is 1.93 bits per heavy atom. The number of hydrogen-bond acceptors (Lipinski definition) is 2. The maximum absolute atomic E-state index is 13.2. The standard InChI is InChI=1S/C27H22O2/c1-27(2,3)29-26(28)24-16-18-9-5-7-11-20(18)22-15-14-21-19-10-6-4-8-17(19)12-13-23(21)25(22)24/h4-16H,1-3H3. The van der Waals surface area contributed by atoms with Crippen LogP contribution in [-0.4, -0.2) is 11.6 Å². The fraction of sp³-hybridized carbons (Fsp3) is 0.148. The molecule has 0 unspecified atom stereocenters. The highest BCUT2D eigenvalue weighted by atomic mass is 16.6. The summed E-state index contributed by atoms with van der Waals surface area (Å²) in [4.78, 5) is 13.2. The fourth-order valence-corrected chi connectivity index (χ4v) is 4.19. The van der Waals surface area contributed by atoms with Crippen molar-refractivity contribution < 1.29 is 9.53 Å². The van der Waals surface area contributed by atoms with E-state index in [1.807, 2.05) is 45.0 Å². The van der Waals surface area contributed by atoms with Crippen LogP contribution >= 0.6 is 0 Å². The van der Waals surface area contributed by atoms with Gasteiger partial charge in [0.15, 0.2) is 0 Å². The Labute approximate surface area is 169 Å². The number of benzene rings is 5. The molecule has 0 N–H and O–H groups in total. The maximum atomic E-state index is 13.2. The summed E-state index contributed by atoms with van der Waals surface area (Å²) in [5, 5.41) is 8.83. The zero-order valence-electron chi connectivity index (χ0n) is 16.8. The number of ether oxygens (including phenoxy) is 1.